The number of halogens is 3. The zero-order valence-corrected chi connectivity index (χ0v) is 12.4. The molecule has 1 fully saturated rings. The molecule has 0 aliphatic heterocycles. The summed E-state index contributed by atoms with van der Waals surface area (Å²) in [5.74, 6) is -0.608. The van der Waals surface area contributed by atoms with Crippen LogP contribution in [0.5, 0.6) is 5.75 Å². The van der Waals surface area contributed by atoms with Crippen LogP contribution in [-0.4, -0.2) is 5.97 Å². The van der Waals surface area contributed by atoms with Gasteiger partial charge in [0.2, 0.25) is 0 Å². The first-order valence-corrected chi connectivity index (χ1v) is 7.26. The number of benzene rings is 2. The van der Waals surface area contributed by atoms with Crippen molar-refractivity contribution in [3.63, 3.8) is 0 Å². The van der Waals surface area contributed by atoms with Crippen molar-refractivity contribution in [3.8, 4) is 16.9 Å². The number of ether oxygens (including phenoxy) is 1. The molecule has 3 rings (SSSR count). The Labute approximate surface area is 131 Å². The van der Waals surface area contributed by atoms with Crippen LogP contribution in [0, 0.1) is 11.7 Å². The van der Waals surface area contributed by atoms with E-state index in [9.17, 15) is 9.18 Å². The largest absolute Gasteiger partial charge is 0.426 e. The van der Waals surface area contributed by atoms with Gasteiger partial charge in [-0.3, -0.25) is 4.79 Å². The molecule has 0 atom stereocenters. The molecule has 0 aromatic heterocycles. The minimum absolute atomic E-state index is 0.0283. The molecule has 2 nitrogen and oxygen atoms in total. The minimum atomic E-state index is -0.491. The van der Waals surface area contributed by atoms with Crippen LogP contribution in [0.4, 0.5) is 4.39 Å². The fourth-order valence-corrected chi connectivity index (χ4v) is 2.55. The molecule has 0 saturated heterocycles. The molecule has 108 valence electrons. The lowest BCUT2D eigenvalue weighted by molar-refractivity contribution is -0.135. The third-order valence-electron chi connectivity index (χ3n) is 3.24. The third kappa shape index (κ3) is 3.36. The van der Waals surface area contributed by atoms with Gasteiger partial charge in [-0.2, -0.15) is 0 Å². The van der Waals surface area contributed by atoms with Crippen molar-refractivity contribution in [3.05, 3.63) is 52.3 Å². The molecular weight excluding hydrogens is 314 g/mol. The summed E-state index contributed by atoms with van der Waals surface area (Å²) in [6.07, 6.45) is 1.70. The quantitative estimate of drug-likeness (QED) is 0.579. The van der Waals surface area contributed by atoms with Crippen LogP contribution in [0.1, 0.15) is 12.8 Å². The van der Waals surface area contributed by atoms with Crippen molar-refractivity contribution in [2.24, 2.45) is 5.92 Å². The Hall–Kier alpha value is -1.58. The van der Waals surface area contributed by atoms with Crippen molar-refractivity contribution in [1.82, 2.24) is 0 Å². The second kappa shape index (κ2) is 5.66. The first-order valence-electron chi connectivity index (χ1n) is 6.50. The summed E-state index contributed by atoms with van der Waals surface area (Å²) in [4.78, 5) is 11.6. The summed E-state index contributed by atoms with van der Waals surface area (Å²) in [7, 11) is 0. The van der Waals surface area contributed by atoms with Crippen LogP contribution >= 0.6 is 23.2 Å². The van der Waals surface area contributed by atoms with E-state index >= 15 is 0 Å². The van der Waals surface area contributed by atoms with Gasteiger partial charge >= 0.3 is 5.97 Å². The third-order valence-corrected chi connectivity index (χ3v) is 3.68. The lowest BCUT2D eigenvalue weighted by atomic mass is 10.1. The highest BCUT2D eigenvalue weighted by molar-refractivity contribution is 6.35. The SMILES string of the molecule is O=C(Oc1ccc(-c2cc(Cl)cc(Cl)c2)c(F)c1)C1CC1. The monoisotopic (exact) mass is 324 g/mol. The first kappa shape index (κ1) is 14.4. The molecular formula is C16H11Cl2FO2. The van der Waals surface area contributed by atoms with E-state index in [2.05, 4.69) is 0 Å². The van der Waals surface area contributed by atoms with Gasteiger partial charge in [-0.1, -0.05) is 23.2 Å². The second-order valence-corrected chi connectivity index (χ2v) is 5.87. The number of carbonyl (C=O) groups is 1. The predicted molar refractivity (Wildman–Crippen MR) is 80.2 cm³/mol. The molecule has 1 aliphatic rings. The van der Waals surface area contributed by atoms with E-state index in [0.717, 1.165) is 12.8 Å². The summed E-state index contributed by atoms with van der Waals surface area (Å²) < 4.78 is 19.3. The van der Waals surface area contributed by atoms with Crippen molar-refractivity contribution < 1.29 is 13.9 Å². The van der Waals surface area contributed by atoms with Gasteiger partial charge in [0, 0.05) is 21.7 Å². The molecule has 1 saturated carbocycles. The maximum absolute atomic E-state index is 14.2. The van der Waals surface area contributed by atoms with Gasteiger partial charge in [-0.25, -0.2) is 4.39 Å². The van der Waals surface area contributed by atoms with Gasteiger partial charge in [0.1, 0.15) is 11.6 Å². The maximum atomic E-state index is 14.2. The zero-order valence-electron chi connectivity index (χ0n) is 10.9. The molecule has 5 heteroatoms. The maximum Gasteiger partial charge on any atom is 0.314 e. The Balaban J connectivity index is 1.88. The Bertz CT molecular complexity index is 691. The summed E-state index contributed by atoms with van der Waals surface area (Å²) in [5.41, 5.74) is 0.927. The molecule has 0 unspecified atom stereocenters. The van der Waals surface area contributed by atoms with E-state index in [1.165, 1.54) is 6.07 Å². The molecule has 0 bridgehead atoms. The number of esters is 1. The Kier molecular flexibility index (Phi) is 3.87. The van der Waals surface area contributed by atoms with Crippen molar-refractivity contribution >= 4 is 29.2 Å². The van der Waals surface area contributed by atoms with Crippen LogP contribution in [-0.2, 0) is 4.79 Å². The lowest BCUT2D eigenvalue weighted by Gasteiger charge is -2.08. The molecule has 2 aromatic carbocycles. The molecule has 0 spiro atoms. The summed E-state index contributed by atoms with van der Waals surface area (Å²) in [5, 5.41) is 0.863. The van der Waals surface area contributed by atoms with Crippen LogP contribution in [0.3, 0.4) is 0 Å². The van der Waals surface area contributed by atoms with E-state index in [0.29, 0.717) is 21.2 Å². The molecule has 0 N–H and O–H groups in total. The zero-order chi connectivity index (χ0) is 15.0. The van der Waals surface area contributed by atoms with Gasteiger partial charge in [0.15, 0.2) is 0 Å². The molecule has 0 radical (unpaired) electrons. The highest BCUT2D eigenvalue weighted by Gasteiger charge is 2.31. The molecule has 0 amide bonds. The number of hydrogen-bond acceptors (Lipinski definition) is 2. The van der Waals surface area contributed by atoms with Crippen LogP contribution in [0.15, 0.2) is 36.4 Å². The van der Waals surface area contributed by atoms with Crippen molar-refractivity contribution in [2.75, 3.05) is 0 Å². The highest BCUT2D eigenvalue weighted by atomic mass is 35.5. The van der Waals surface area contributed by atoms with Gasteiger partial charge in [-0.05, 0) is 48.7 Å². The van der Waals surface area contributed by atoms with Gasteiger partial charge < -0.3 is 4.74 Å². The van der Waals surface area contributed by atoms with Crippen molar-refractivity contribution in [1.29, 1.82) is 0 Å². The Morgan fingerprint density at radius 3 is 2.33 bits per heavy atom. The van der Waals surface area contributed by atoms with Gasteiger partial charge in [0.25, 0.3) is 0 Å². The van der Waals surface area contributed by atoms with Crippen LogP contribution in [0.25, 0.3) is 11.1 Å². The number of carbonyl (C=O) groups excluding carboxylic acids is 1. The van der Waals surface area contributed by atoms with Crippen molar-refractivity contribution in [2.45, 2.75) is 12.8 Å². The fraction of sp³-hybridized carbons (Fsp3) is 0.188. The molecule has 21 heavy (non-hydrogen) atoms. The van der Waals surface area contributed by atoms with Crippen LogP contribution < -0.4 is 4.74 Å². The Morgan fingerprint density at radius 2 is 1.76 bits per heavy atom. The molecule has 0 heterocycles. The van der Waals surface area contributed by atoms with Gasteiger partial charge in [0.05, 0.1) is 5.92 Å². The summed E-state index contributed by atoms with van der Waals surface area (Å²) in [6.45, 7) is 0. The smallest absolute Gasteiger partial charge is 0.314 e. The lowest BCUT2D eigenvalue weighted by Crippen LogP contribution is -2.09. The van der Waals surface area contributed by atoms with Gasteiger partial charge in [-0.15, -0.1) is 0 Å². The van der Waals surface area contributed by atoms with Crippen LogP contribution in [0.2, 0.25) is 10.0 Å². The van der Waals surface area contributed by atoms with E-state index < -0.39 is 5.82 Å². The fourth-order valence-electron chi connectivity index (χ4n) is 2.02. The van der Waals surface area contributed by atoms with E-state index in [1.54, 1.807) is 30.3 Å². The average molecular weight is 325 g/mol. The standard InChI is InChI=1S/C16H11Cl2FO2/c17-11-5-10(6-12(18)7-11)14-4-3-13(8-15(14)19)21-16(20)9-1-2-9/h3-9H,1-2H2. The molecule has 2 aromatic rings. The van der Waals surface area contributed by atoms with E-state index in [4.69, 9.17) is 27.9 Å². The number of rotatable bonds is 3. The normalized spacial score (nSPS) is 14.0. The predicted octanol–water partition coefficient (Wildman–Crippen LogP) is 5.11. The van der Waals surface area contributed by atoms with E-state index in [-0.39, 0.29) is 17.6 Å². The number of hydrogen-bond donors (Lipinski definition) is 0. The minimum Gasteiger partial charge on any atom is -0.426 e. The van der Waals surface area contributed by atoms with E-state index in [1.807, 2.05) is 0 Å². The highest BCUT2D eigenvalue weighted by Crippen LogP contribution is 2.33. The summed E-state index contributed by atoms with van der Waals surface area (Å²) >= 11 is 11.8. The first-order chi connectivity index (χ1) is 10.0. The topological polar surface area (TPSA) is 26.3 Å². The second-order valence-electron chi connectivity index (χ2n) is 5.00. The Morgan fingerprint density at radius 1 is 1.10 bits per heavy atom. The summed E-state index contributed by atoms with van der Waals surface area (Å²) in [6, 6.07) is 9.14. The molecule has 1 aliphatic carbocycles. The average Bonchev–Trinajstić information content (AvgIpc) is 3.21.